The van der Waals surface area contributed by atoms with Crippen LogP contribution in [0.4, 0.5) is 11.8 Å². The van der Waals surface area contributed by atoms with Crippen molar-refractivity contribution in [2.75, 3.05) is 55.6 Å². The van der Waals surface area contributed by atoms with E-state index in [1.807, 2.05) is 12.3 Å². The second-order valence-corrected chi connectivity index (χ2v) is 7.17. The third-order valence-electron chi connectivity index (χ3n) is 5.33. The highest BCUT2D eigenvalue weighted by Crippen LogP contribution is 2.20. The maximum atomic E-state index is 9.74. The Balaban J connectivity index is 1.30. The zero-order valence-corrected chi connectivity index (χ0v) is 15.2. The van der Waals surface area contributed by atoms with Crippen molar-refractivity contribution in [3.63, 3.8) is 0 Å². The molecule has 2 fully saturated rings. The van der Waals surface area contributed by atoms with E-state index in [4.69, 9.17) is 4.98 Å². The molecule has 2 aliphatic rings. The maximum absolute atomic E-state index is 9.74. The molecule has 1 N–H and O–H groups in total. The van der Waals surface area contributed by atoms with Gasteiger partial charge in [-0.15, -0.1) is 0 Å². The molecule has 26 heavy (non-hydrogen) atoms. The Morgan fingerprint density at radius 1 is 0.962 bits per heavy atom. The van der Waals surface area contributed by atoms with E-state index < -0.39 is 0 Å². The number of anilines is 2. The first-order valence-electron chi connectivity index (χ1n) is 9.55. The van der Waals surface area contributed by atoms with Gasteiger partial charge in [-0.05, 0) is 24.5 Å². The topological polar surface area (TPSA) is 55.7 Å². The molecular weight excluding hydrogens is 326 g/mol. The third kappa shape index (κ3) is 4.14. The maximum Gasteiger partial charge on any atom is 0.227 e. The number of aromatic nitrogens is 2. The number of β-amino-alcohol motifs (C(OH)–C–C–N with tert-alkyl or cyclic N) is 1. The second-order valence-electron chi connectivity index (χ2n) is 7.17. The average Bonchev–Trinajstić information content (AvgIpc) is 3.14. The van der Waals surface area contributed by atoms with Crippen LogP contribution >= 0.6 is 0 Å². The number of piperazine rings is 1. The minimum absolute atomic E-state index is 0.235. The highest BCUT2D eigenvalue weighted by Gasteiger charge is 2.23. The van der Waals surface area contributed by atoms with Crippen molar-refractivity contribution in [3.05, 3.63) is 48.2 Å². The molecule has 0 radical (unpaired) electrons. The average molecular weight is 353 g/mol. The number of hydrogen-bond donors (Lipinski definition) is 1. The van der Waals surface area contributed by atoms with Crippen molar-refractivity contribution in [2.45, 2.75) is 18.9 Å². The predicted molar refractivity (Wildman–Crippen MR) is 104 cm³/mol. The molecule has 0 aliphatic carbocycles. The summed E-state index contributed by atoms with van der Waals surface area (Å²) in [6.07, 6.45) is 3.52. The van der Waals surface area contributed by atoms with Gasteiger partial charge in [0.05, 0.1) is 6.10 Å². The molecule has 0 bridgehead atoms. The van der Waals surface area contributed by atoms with Gasteiger partial charge in [0.25, 0.3) is 0 Å². The monoisotopic (exact) mass is 353 g/mol. The minimum Gasteiger partial charge on any atom is -0.391 e. The number of benzene rings is 1. The molecule has 2 saturated heterocycles. The summed E-state index contributed by atoms with van der Waals surface area (Å²) in [6, 6.07) is 12.6. The number of hydrogen-bond acceptors (Lipinski definition) is 6. The molecular formula is C20H27N5O. The fraction of sp³-hybridized carbons (Fsp3) is 0.500. The SMILES string of the molecule is O[C@@H]1CCN(c2ccnc(N3CCN(CCc4ccccc4)CC3)n2)C1. The molecule has 1 aromatic carbocycles. The summed E-state index contributed by atoms with van der Waals surface area (Å²) in [5.74, 6) is 1.74. The number of nitrogens with zero attached hydrogens (tertiary/aromatic N) is 5. The van der Waals surface area contributed by atoms with Crippen molar-refractivity contribution in [1.82, 2.24) is 14.9 Å². The van der Waals surface area contributed by atoms with Crippen molar-refractivity contribution in [2.24, 2.45) is 0 Å². The lowest BCUT2D eigenvalue weighted by molar-refractivity contribution is 0.198. The minimum atomic E-state index is -0.235. The van der Waals surface area contributed by atoms with Crippen LogP contribution in [0, 0.1) is 0 Å². The van der Waals surface area contributed by atoms with E-state index in [1.54, 1.807) is 0 Å². The van der Waals surface area contributed by atoms with Crippen LogP contribution in [-0.2, 0) is 6.42 Å². The van der Waals surface area contributed by atoms with E-state index in [1.165, 1.54) is 5.56 Å². The molecule has 3 heterocycles. The fourth-order valence-corrected chi connectivity index (χ4v) is 3.72. The molecule has 1 aromatic heterocycles. The molecule has 0 unspecified atom stereocenters. The summed E-state index contributed by atoms with van der Waals surface area (Å²) in [4.78, 5) is 16.2. The Morgan fingerprint density at radius 3 is 2.50 bits per heavy atom. The molecule has 1 atom stereocenters. The first-order valence-corrected chi connectivity index (χ1v) is 9.55. The zero-order valence-electron chi connectivity index (χ0n) is 15.2. The lowest BCUT2D eigenvalue weighted by Gasteiger charge is -2.35. The lowest BCUT2D eigenvalue weighted by Crippen LogP contribution is -2.47. The lowest BCUT2D eigenvalue weighted by atomic mass is 10.1. The Kier molecular flexibility index (Phi) is 5.32. The summed E-state index contributed by atoms with van der Waals surface area (Å²) in [7, 11) is 0. The van der Waals surface area contributed by atoms with Crippen LogP contribution in [0.25, 0.3) is 0 Å². The van der Waals surface area contributed by atoms with Gasteiger partial charge < -0.3 is 14.9 Å². The standard InChI is InChI=1S/C20H27N5O/c26-18-8-11-25(16-18)19-6-9-21-20(22-19)24-14-12-23(13-15-24)10-7-17-4-2-1-3-5-17/h1-6,9,18,26H,7-8,10-16H2/t18-/m1/s1. The van der Waals surface area contributed by atoms with Gasteiger partial charge in [-0.25, -0.2) is 4.98 Å². The summed E-state index contributed by atoms with van der Waals surface area (Å²) in [5.41, 5.74) is 1.40. The van der Waals surface area contributed by atoms with Gasteiger partial charge in [-0.3, -0.25) is 4.90 Å². The predicted octanol–water partition coefficient (Wildman–Crippen LogP) is 1.41. The van der Waals surface area contributed by atoms with E-state index in [-0.39, 0.29) is 6.10 Å². The summed E-state index contributed by atoms with van der Waals surface area (Å²) < 4.78 is 0. The Morgan fingerprint density at radius 2 is 1.77 bits per heavy atom. The summed E-state index contributed by atoms with van der Waals surface area (Å²) in [5, 5.41) is 9.74. The molecule has 6 nitrogen and oxygen atoms in total. The van der Waals surface area contributed by atoms with E-state index in [2.05, 4.69) is 50.0 Å². The molecule has 6 heteroatoms. The van der Waals surface area contributed by atoms with Crippen molar-refractivity contribution in [3.8, 4) is 0 Å². The molecule has 138 valence electrons. The highest BCUT2D eigenvalue weighted by atomic mass is 16.3. The highest BCUT2D eigenvalue weighted by molar-refractivity contribution is 5.45. The van der Waals surface area contributed by atoms with Crippen molar-refractivity contribution >= 4 is 11.8 Å². The quantitative estimate of drug-likeness (QED) is 0.877. The summed E-state index contributed by atoms with van der Waals surface area (Å²) >= 11 is 0. The van der Waals surface area contributed by atoms with Crippen LogP contribution in [0.2, 0.25) is 0 Å². The zero-order chi connectivity index (χ0) is 17.8. The van der Waals surface area contributed by atoms with Gasteiger partial charge in [0.15, 0.2) is 0 Å². The van der Waals surface area contributed by atoms with Crippen molar-refractivity contribution in [1.29, 1.82) is 0 Å². The van der Waals surface area contributed by atoms with Gasteiger partial charge in [0.1, 0.15) is 5.82 Å². The van der Waals surface area contributed by atoms with Crippen LogP contribution in [0.15, 0.2) is 42.6 Å². The van der Waals surface area contributed by atoms with E-state index in [0.717, 1.165) is 63.9 Å². The molecule has 4 rings (SSSR count). The molecule has 0 saturated carbocycles. The fourth-order valence-electron chi connectivity index (χ4n) is 3.72. The molecule has 2 aliphatic heterocycles. The second kappa shape index (κ2) is 8.01. The number of aliphatic hydroxyl groups excluding tert-OH is 1. The molecule has 0 amide bonds. The molecule has 0 spiro atoms. The van der Waals surface area contributed by atoms with Crippen LogP contribution < -0.4 is 9.80 Å². The first kappa shape index (κ1) is 17.2. The third-order valence-corrected chi connectivity index (χ3v) is 5.33. The van der Waals surface area contributed by atoms with Crippen LogP contribution in [0.1, 0.15) is 12.0 Å². The smallest absolute Gasteiger partial charge is 0.227 e. The first-order chi connectivity index (χ1) is 12.8. The van der Waals surface area contributed by atoms with E-state index in [0.29, 0.717) is 6.54 Å². The molecule has 2 aromatic rings. The van der Waals surface area contributed by atoms with Gasteiger partial charge >= 0.3 is 0 Å². The number of rotatable bonds is 5. The van der Waals surface area contributed by atoms with Crippen LogP contribution in [0.5, 0.6) is 0 Å². The van der Waals surface area contributed by atoms with Crippen LogP contribution in [-0.4, -0.2) is 71.9 Å². The largest absolute Gasteiger partial charge is 0.391 e. The van der Waals surface area contributed by atoms with E-state index >= 15 is 0 Å². The van der Waals surface area contributed by atoms with Gasteiger partial charge in [-0.2, -0.15) is 4.98 Å². The van der Waals surface area contributed by atoms with Gasteiger partial charge in [0, 0.05) is 52.0 Å². The van der Waals surface area contributed by atoms with Crippen molar-refractivity contribution < 1.29 is 5.11 Å². The Hall–Kier alpha value is -2.18. The van der Waals surface area contributed by atoms with Gasteiger partial charge in [0.2, 0.25) is 5.95 Å². The van der Waals surface area contributed by atoms with E-state index in [9.17, 15) is 5.11 Å². The summed E-state index contributed by atoms with van der Waals surface area (Å²) in [6.45, 7) is 6.65. The van der Waals surface area contributed by atoms with Crippen LogP contribution in [0.3, 0.4) is 0 Å². The Labute approximate surface area is 155 Å². The van der Waals surface area contributed by atoms with Gasteiger partial charge in [-0.1, -0.05) is 30.3 Å². The number of aliphatic hydroxyl groups is 1. The Bertz CT molecular complexity index is 702. The normalized spacial score (nSPS) is 21.3.